The van der Waals surface area contributed by atoms with E-state index in [1.807, 2.05) is 18.4 Å². The zero-order valence-electron chi connectivity index (χ0n) is 11.9. The van der Waals surface area contributed by atoms with E-state index in [0.717, 1.165) is 5.56 Å². The van der Waals surface area contributed by atoms with Crippen LogP contribution in [-0.2, 0) is 5.41 Å². The Labute approximate surface area is 123 Å². The van der Waals surface area contributed by atoms with Crippen molar-refractivity contribution in [3.63, 3.8) is 0 Å². The summed E-state index contributed by atoms with van der Waals surface area (Å²) < 4.78 is 0. The van der Waals surface area contributed by atoms with Gasteiger partial charge < -0.3 is 10.4 Å². The van der Waals surface area contributed by atoms with E-state index in [2.05, 4.69) is 25.2 Å². The van der Waals surface area contributed by atoms with Crippen molar-refractivity contribution in [3.05, 3.63) is 51.7 Å². The lowest BCUT2D eigenvalue weighted by Crippen LogP contribution is -2.36. The van der Waals surface area contributed by atoms with Crippen molar-refractivity contribution in [3.8, 4) is 5.75 Å². The van der Waals surface area contributed by atoms with Gasteiger partial charge in [-0.25, -0.2) is 0 Å². The first-order valence-corrected chi connectivity index (χ1v) is 7.40. The number of thiophene rings is 1. The third-order valence-corrected chi connectivity index (χ3v) is 4.57. The molecule has 0 fully saturated rings. The summed E-state index contributed by atoms with van der Waals surface area (Å²) >= 11 is 1.70. The van der Waals surface area contributed by atoms with E-state index >= 15 is 0 Å². The highest BCUT2D eigenvalue weighted by Crippen LogP contribution is 2.26. The molecule has 0 spiro atoms. The fourth-order valence-electron chi connectivity index (χ4n) is 2.05. The van der Waals surface area contributed by atoms with Gasteiger partial charge in [0.1, 0.15) is 5.75 Å². The fraction of sp³-hybridized carbons (Fsp3) is 0.312. The Morgan fingerprint density at radius 1 is 1.35 bits per heavy atom. The van der Waals surface area contributed by atoms with Crippen molar-refractivity contribution in [2.45, 2.75) is 26.2 Å². The van der Waals surface area contributed by atoms with E-state index in [4.69, 9.17) is 0 Å². The lowest BCUT2D eigenvalue weighted by atomic mass is 9.91. The molecule has 0 saturated carbocycles. The average Bonchev–Trinajstić information content (AvgIpc) is 2.90. The number of aryl methyl sites for hydroxylation is 1. The van der Waals surface area contributed by atoms with Crippen LogP contribution >= 0.6 is 11.3 Å². The molecule has 0 saturated heterocycles. The van der Waals surface area contributed by atoms with Gasteiger partial charge in [0.05, 0.1) is 0 Å². The number of carbonyl (C=O) groups is 1. The maximum atomic E-state index is 12.2. The second-order valence-corrected chi connectivity index (χ2v) is 6.49. The molecule has 1 heterocycles. The van der Waals surface area contributed by atoms with Gasteiger partial charge in [0.25, 0.3) is 5.91 Å². The molecule has 0 unspecified atom stereocenters. The summed E-state index contributed by atoms with van der Waals surface area (Å²) in [7, 11) is 0. The molecule has 106 valence electrons. The number of amides is 1. The SMILES string of the molecule is Cc1cc(O)ccc1C(=O)NCC(C)(C)c1cccs1. The van der Waals surface area contributed by atoms with Crippen LogP contribution in [0.3, 0.4) is 0 Å². The second-order valence-electron chi connectivity index (χ2n) is 5.54. The van der Waals surface area contributed by atoms with E-state index in [9.17, 15) is 9.90 Å². The molecule has 0 aliphatic carbocycles. The number of carbonyl (C=O) groups excluding carboxylic acids is 1. The highest BCUT2D eigenvalue weighted by atomic mass is 32.1. The summed E-state index contributed by atoms with van der Waals surface area (Å²) in [6.07, 6.45) is 0. The molecule has 0 atom stereocenters. The van der Waals surface area contributed by atoms with Gasteiger partial charge in [-0.3, -0.25) is 4.79 Å². The van der Waals surface area contributed by atoms with E-state index in [-0.39, 0.29) is 17.1 Å². The molecule has 1 amide bonds. The van der Waals surface area contributed by atoms with E-state index in [1.165, 1.54) is 10.9 Å². The predicted molar refractivity (Wildman–Crippen MR) is 82.5 cm³/mol. The minimum absolute atomic E-state index is 0.0886. The highest BCUT2D eigenvalue weighted by molar-refractivity contribution is 7.10. The largest absolute Gasteiger partial charge is 0.508 e. The van der Waals surface area contributed by atoms with Gasteiger partial charge >= 0.3 is 0 Å². The lowest BCUT2D eigenvalue weighted by Gasteiger charge is -2.23. The summed E-state index contributed by atoms with van der Waals surface area (Å²) in [6.45, 7) is 6.62. The Balaban J connectivity index is 2.05. The van der Waals surface area contributed by atoms with Crippen molar-refractivity contribution in [1.82, 2.24) is 5.32 Å². The molecule has 20 heavy (non-hydrogen) atoms. The van der Waals surface area contributed by atoms with Crippen LogP contribution in [0.4, 0.5) is 0 Å². The van der Waals surface area contributed by atoms with Crippen molar-refractivity contribution in [1.29, 1.82) is 0 Å². The Morgan fingerprint density at radius 3 is 2.70 bits per heavy atom. The van der Waals surface area contributed by atoms with Crippen LogP contribution in [0.5, 0.6) is 5.75 Å². The van der Waals surface area contributed by atoms with Crippen LogP contribution in [0.1, 0.15) is 34.6 Å². The van der Waals surface area contributed by atoms with Crippen molar-refractivity contribution in [2.24, 2.45) is 0 Å². The number of phenols is 1. The van der Waals surface area contributed by atoms with Gasteiger partial charge in [0.2, 0.25) is 0 Å². The minimum Gasteiger partial charge on any atom is -0.508 e. The summed E-state index contributed by atoms with van der Waals surface area (Å²) in [4.78, 5) is 13.5. The quantitative estimate of drug-likeness (QED) is 0.905. The molecule has 4 heteroatoms. The first-order valence-electron chi connectivity index (χ1n) is 6.52. The first kappa shape index (κ1) is 14.6. The zero-order valence-corrected chi connectivity index (χ0v) is 12.8. The molecular weight excluding hydrogens is 270 g/mol. The summed E-state index contributed by atoms with van der Waals surface area (Å²) in [6, 6.07) is 8.89. The van der Waals surface area contributed by atoms with Crippen LogP contribution in [0.25, 0.3) is 0 Å². The zero-order chi connectivity index (χ0) is 14.8. The Kier molecular flexibility index (Phi) is 4.14. The Bertz CT molecular complexity index is 603. The molecule has 2 N–H and O–H groups in total. The number of nitrogens with one attached hydrogen (secondary N) is 1. The van der Waals surface area contributed by atoms with Crippen LogP contribution < -0.4 is 5.32 Å². The molecule has 0 aliphatic heterocycles. The fourth-order valence-corrected chi connectivity index (χ4v) is 2.90. The molecule has 0 radical (unpaired) electrons. The van der Waals surface area contributed by atoms with Gasteiger partial charge in [-0.15, -0.1) is 11.3 Å². The third kappa shape index (κ3) is 3.20. The second kappa shape index (κ2) is 5.67. The molecule has 1 aromatic heterocycles. The van der Waals surface area contributed by atoms with Crippen LogP contribution in [-0.4, -0.2) is 17.6 Å². The summed E-state index contributed by atoms with van der Waals surface area (Å²) in [5.41, 5.74) is 1.29. The minimum atomic E-state index is -0.105. The topological polar surface area (TPSA) is 49.3 Å². The number of aromatic hydroxyl groups is 1. The number of hydrogen-bond acceptors (Lipinski definition) is 3. The normalized spacial score (nSPS) is 11.3. The van der Waals surface area contributed by atoms with Gasteiger partial charge in [-0.05, 0) is 42.1 Å². The summed E-state index contributed by atoms with van der Waals surface area (Å²) in [5, 5.41) is 14.4. The maximum Gasteiger partial charge on any atom is 0.251 e. The highest BCUT2D eigenvalue weighted by Gasteiger charge is 2.23. The van der Waals surface area contributed by atoms with Gasteiger partial charge in [-0.1, -0.05) is 19.9 Å². The van der Waals surface area contributed by atoms with Crippen molar-refractivity contribution >= 4 is 17.2 Å². The molecule has 1 aromatic carbocycles. The van der Waals surface area contributed by atoms with Gasteiger partial charge in [-0.2, -0.15) is 0 Å². The van der Waals surface area contributed by atoms with Crippen LogP contribution in [0, 0.1) is 6.92 Å². The van der Waals surface area contributed by atoms with Crippen LogP contribution in [0.2, 0.25) is 0 Å². The summed E-state index contributed by atoms with van der Waals surface area (Å²) in [5.74, 6) is 0.0742. The smallest absolute Gasteiger partial charge is 0.251 e. The van der Waals surface area contributed by atoms with E-state index in [1.54, 1.807) is 23.5 Å². The molecule has 3 nitrogen and oxygen atoms in total. The van der Waals surface area contributed by atoms with Gasteiger partial charge in [0, 0.05) is 22.4 Å². The number of hydrogen-bond donors (Lipinski definition) is 2. The lowest BCUT2D eigenvalue weighted by molar-refractivity contribution is 0.0945. The Hall–Kier alpha value is -1.81. The molecule has 0 aliphatic rings. The van der Waals surface area contributed by atoms with Crippen molar-refractivity contribution < 1.29 is 9.90 Å². The van der Waals surface area contributed by atoms with Crippen molar-refractivity contribution in [2.75, 3.05) is 6.54 Å². The Morgan fingerprint density at radius 2 is 2.10 bits per heavy atom. The number of benzene rings is 1. The number of phenolic OH excluding ortho intramolecular Hbond substituents is 1. The standard InChI is InChI=1S/C16H19NO2S/c1-11-9-12(18)6-7-13(11)15(19)17-10-16(2,3)14-5-4-8-20-14/h4-9,18H,10H2,1-3H3,(H,17,19). The van der Waals surface area contributed by atoms with Crippen LogP contribution in [0.15, 0.2) is 35.7 Å². The average molecular weight is 289 g/mol. The number of rotatable bonds is 4. The van der Waals surface area contributed by atoms with E-state index in [0.29, 0.717) is 12.1 Å². The molecule has 0 bridgehead atoms. The third-order valence-electron chi connectivity index (χ3n) is 3.33. The molecule has 2 rings (SSSR count). The molecule has 2 aromatic rings. The maximum absolute atomic E-state index is 12.2. The first-order chi connectivity index (χ1) is 9.40. The van der Waals surface area contributed by atoms with E-state index < -0.39 is 0 Å². The van der Waals surface area contributed by atoms with Gasteiger partial charge in [0.15, 0.2) is 0 Å². The monoisotopic (exact) mass is 289 g/mol. The molecular formula is C16H19NO2S. The predicted octanol–water partition coefficient (Wildman–Crippen LogP) is 3.47.